The first-order valence-corrected chi connectivity index (χ1v) is 5.74. The number of hydrogen-bond acceptors (Lipinski definition) is 3. The Hall–Kier alpha value is -1.59. The lowest BCUT2D eigenvalue weighted by molar-refractivity contribution is -0.146. The minimum Gasteiger partial charge on any atom is -0.481 e. The molecule has 0 radical (unpaired) electrons. The monoisotopic (exact) mass is 242 g/mol. The third-order valence-corrected chi connectivity index (χ3v) is 3.33. The molecule has 6 heteroatoms. The number of hydrogen-bond donors (Lipinski definition) is 3. The van der Waals surface area contributed by atoms with E-state index < -0.39 is 23.7 Å². The zero-order chi connectivity index (χ0) is 13.0. The van der Waals surface area contributed by atoms with E-state index >= 15 is 0 Å². The Morgan fingerprint density at radius 1 is 1.29 bits per heavy atom. The van der Waals surface area contributed by atoms with Gasteiger partial charge in [0.25, 0.3) is 0 Å². The van der Waals surface area contributed by atoms with Gasteiger partial charge in [-0.2, -0.15) is 0 Å². The molecular weight excluding hydrogens is 224 g/mol. The Bertz CT molecular complexity index is 329. The van der Waals surface area contributed by atoms with Crippen molar-refractivity contribution in [3.63, 3.8) is 0 Å². The number of nitrogens with two attached hydrogens (primary N) is 1. The summed E-state index contributed by atoms with van der Waals surface area (Å²) in [4.78, 5) is 33.3. The van der Waals surface area contributed by atoms with Crippen LogP contribution in [-0.4, -0.2) is 29.4 Å². The van der Waals surface area contributed by atoms with Crippen molar-refractivity contribution in [1.82, 2.24) is 5.32 Å². The van der Waals surface area contributed by atoms with Gasteiger partial charge in [-0.1, -0.05) is 13.3 Å². The van der Waals surface area contributed by atoms with Crippen LogP contribution >= 0.6 is 0 Å². The molecule has 0 aromatic heterocycles. The van der Waals surface area contributed by atoms with Gasteiger partial charge in [0.15, 0.2) is 0 Å². The molecule has 17 heavy (non-hydrogen) atoms. The van der Waals surface area contributed by atoms with Crippen LogP contribution in [0.5, 0.6) is 0 Å². The Morgan fingerprint density at radius 2 is 1.88 bits per heavy atom. The second-order valence-electron chi connectivity index (χ2n) is 4.48. The molecule has 4 N–H and O–H groups in total. The summed E-state index contributed by atoms with van der Waals surface area (Å²) in [6, 6.07) is 0. The maximum Gasteiger partial charge on any atom is 0.307 e. The highest BCUT2D eigenvalue weighted by Gasteiger charge is 2.41. The molecule has 0 saturated heterocycles. The highest BCUT2D eigenvalue weighted by molar-refractivity contribution is 5.88. The molecule has 1 rings (SSSR count). The number of aliphatic carboxylic acids is 1. The average Bonchev–Trinajstić information content (AvgIpc) is 2.69. The zero-order valence-corrected chi connectivity index (χ0v) is 9.81. The van der Waals surface area contributed by atoms with Crippen LogP contribution in [0.3, 0.4) is 0 Å². The molecular formula is C11H18N2O4. The summed E-state index contributed by atoms with van der Waals surface area (Å²) in [6.07, 6.45) is 1.96. The van der Waals surface area contributed by atoms with Crippen LogP contribution in [0.2, 0.25) is 0 Å². The van der Waals surface area contributed by atoms with E-state index in [2.05, 4.69) is 5.32 Å². The van der Waals surface area contributed by atoms with E-state index in [9.17, 15) is 14.4 Å². The molecule has 0 aromatic rings. The molecule has 1 fully saturated rings. The van der Waals surface area contributed by atoms with Gasteiger partial charge in [-0.05, 0) is 18.8 Å². The molecule has 1 saturated carbocycles. The fraction of sp³-hybridized carbons (Fsp3) is 0.727. The number of carboxylic acids is 1. The van der Waals surface area contributed by atoms with Gasteiger partial charge in [0.05, 0.1) is 18.4 Å². The van der Waals surface area contributed by atoms with Crippen LogP contribution < -0.4 is 11.1 Å². The molecule has 3 atom stereocenters. The largest absolute Gasteiger partial charge is 0.481 e. The van der Waals surface area contributed by atoms with Crippen molar-refractivity contribution < 1.29 is 19.5 Å². The zero-order valence-electron chi connectivity index (χ0n) is 9.81. The summed E-state index contributed by atoms with van der Waals surface area (Å²) in [5.41, 5.74) is 4.92. The Balaban J connectivity index is 2.63. The first kappa shape index (κ1) is 13.5. The quantitative estimate of drug-likeness (QED) is 0.616. The fourth-order valence-electron chi connectivity index (χ4n) is 2.34. The standard InChI is InChI=1S/C11H18N2O4/c1-2-6-3-7(8(4-6)11(16)17)10(15)13-5-9(12)14/h6-8H,2-5H2,1H3,(H2,12,14)(H,13,15)(H,16,17). The molecule has 96 valence electrons. The molecule has 1 aliphatic carbocycles. The molecule has 0 aromatic carbocycles. The summed E-state index contributed by atoms with van der Waals surface area (Å²) in [5.74, 6) is -2.88. The summed E-state index contributed by atoms with van der Waals surface area (Å²) >= 11 is 0. The van der Waals surface area contributed by atoms with Crippen LogP contribution in [0, 0.1) is 17.8 Å². The first-order chi connectivity index (χ1) is 7.95. The third kappa shape index (κ3) is 3.44. The van der Waals surface area contributed by atoms with Gasteiger partial charge in [0, 0.05) is 0 Å². The van der Waals surface area contributed by atoms with Crippen molar-refractivity contribution in [2.24, 2.45) is 23.5 Å². The molecule has 2 amide bonds. The number of carbonyl (C=O) groups is 3. The summed E-state index contributed by atoms with van der Waals surface area (Å²) < 4.78 is 0. The number of rotatable bonds is 5. The van der Waals surface area contributed by atoms with E-state index in [4.69, 9.17) is 10.8 Å². The molecule has 1 aliphatic rings. The van der Waals surface area contributed by atoms with Crippen molar-refractivity contribution in [2.45, 2.75) is 26.2 Å². The van der Waals surface area contributed by atoms with Gasteiger partial charge in [0.1, 0.15) is 0 Å². The summed E-state index contributed by atoms with van der Waals surface area (Å²) in [6.45, 7) is 1.74. The van der Waals surface area contributed by atoms with Crippen LogP contribution in [0.1, 0.15) is 26.2 Å². The molecule has 6 nitrogen and oxygen atoms in total. The van der Waals surface area contributed by atoms with Crippen LogP contribution in [-0.2, 0) is 14.4 Å². The van der Waals surface area contributed by atoms with E-state index in [1.165, 1.54) is 0 Å². The highest BCUT2D eigenvalue weighted by atomic mass is 16.4. The predicted molar refractivity (Wildman–Crippen MR) is 59.8 cm³/mol. The molecule has 0 aliphatic heterocycles. The van der Waals surface area contributed by atoms with Gasteiger partial charge < -0.3 is 16.2 Å². The van der Waals surface area contributed by atoms with E-state index in [0.29, 0.717) is 12.8 Å². The molecule has 3 unspecified atom stereocenters. The van der Waals surface area contributed by atoms with E-state index in [0.717, 1.165) is 6.42 Å². The smallest absolute Gasteiger partial charge is 0.307 e. The number of carboxylic acid groups (broad SMARTS) is 1. The fourth-order valence-corrected chi connectivity index (χ4v) is 2.34. The topological polar surface area (TPSA) is 109 Å². The Morgan fingerprint density at radius 3 is 2.35 bits per heavy atom. The number of primary amides is 1. The first-order valence-electron chi connectivity index (χ1n) is 5.74. The lowest BCUT2D eigenvalue weighted by Crippen LogP contribution is -2.39. The minimum atomic E-state index is -0.944. The van der Waals surface area contributed by atoms with E-state index in [1.54, 1.807) is 0 Å². The minimum absolute atomic E-state index is 0.238. The highest BCUT2D eigenvalue weighted by Crippen LogP contribution is 2.38. The van der Waals surface area contributed by atoms with Crippen molar-refractivity contribution >= 4 is 17.8 Å². The molecule has 0 spiro atoms. The van der Waals surface area contributed by atoms with Crippen molar-refractivity contribution in [3.8, 4) is 0 Å². The summed E-state index contributed by atoms with van der Waals surface area (Å²) in [7, 11) is 0. The van der Waals surface area contributed by atoms with E-state index in [-0.39, 0.29) is 18.4 Å². The van der Waals surface area contributed by atoms with Crippen LogP contribution in [0.15, 0.2) is 0 Å². The van der Waals surface area contributed by atoms with Gasteiger partial charge >= 0.3 is 5.97 Å². The second-order valence-corrected chi connectivity index (χ2v) is 4.48. The number of carbonyl (C=O) groups excluding carboxylic acids is 2. The molecule has 0 bridgehead atoms. The molecule has 0 heterocycles. The predicted octanol–water partition coefficient (Wildman–Crippen LogP) is -0.275. The van der Waals surface area contributed by atoms with Gasteiger partial charge in [-0.25, -0.2) is 0 Å². The maximum atomic E-state index is 11.7. The third-order valence-electron chi connectivity index (χ3n) is 3.33. The average molecular weight is 242 g/mol. The Labute approximate surface area is 99.6 Å². The number of nitrogens with one attached hydrogen (secondary N) is 1. The lowest BCUT2D eigenvalue weighted by atomic mass is 9.95. The normalized spacial score (nSPS) is 27.7. The van der Waals surface area contributed by atoms with Gasteiger partial charge in [-0.3, -0.25) is 14.4 Å². The van der Waals surface area contributed by atoms with Crippen LogP contribution in [0.4, 0.5) is 0 Å². The van der Waals surface area contributed by atoms with Gasteiger partial charge in [0.2, 0.25) is 11.8 Å². The van der Waals surface area contributed by atoms with Crippen molar-refractivity contribution in [1.29, 1.82) is 0 Å². The number of amides is 2. The van der Waals surface area contributed by atoms with Gasteiger partial charge in [-0.15, -0.1) is 0 Å². The lowest BCUT2D eigenvalue weighted by Gasteiger charge is -2.14. The SMILES string of the molecule is CCC1CC(C(=O)O)C(C(=O)NCC(N)=O)C1. The Kier molecular flexibility index (Phi) is 4.48. The van der Waals surface area contributed by atoms with E-state index in [1.807, 2.05) is 6.92 Å². The summed E-state index contributed by atoms with van der Waals surface area (Å²) in [5, 5.41) is 11.4. The maximum absolute atomic E-state index is 11.7. The van der Waals surface area contributed by atoms with Crippen molar-refractivity contribution in [3.05, 3.63) is 0 Å². The van der Waals surface area contributed by atoms with Crippen molar-refractivity contribution in [2.75, 3.05) is 6.54 Å². The second kappa shape index (κ2) is 5.65. The van der Waals surface area contributed by atoms with Crippen LogP contribution in [0.25, 0.3) is 0 Å².